The number of pyridine rings is 3. The summed E-state index contributed by atoms with van der Waals surface area (Å²) in [6, 6.07) is 8.41. The van der Waals surface area contributed by atoms with Gasteiger partial charge in [0, 0.05) is 34.6 Å². The number of H-pyrrole nitrogens is 1. The molecule has 5 aromatic rings. The van der Waals surface area contributed by atoms with Crippen molar-refractivity contribution >= 4 is 29.0 Å². The van der Waals surface area contributed by atoms with Gasteiger partial charge in [0.15, 0.2) is 0 Å². The number of nitrogen functional groups attached to an aromatic ring is 1. The van der Waals surface area contributed by atoms with Gasteiger partial charge in [0.1, 0.15) is 17.5 Å². The highest BCUT2D eigenvalue weighted by atomic mass is 35.5. The Hall–Kier alpha value is -4.90. The van der Waals surface area contributed by atoms with Crippen LogP contribution < -0.4 is 16.6 Å². The maximum Gasteiger partial charge on any atom is 0.258 e. The van der Waals surface area contributed by atoms with Crippen molar-refractivity contribution in [2.24, 2.45) is 0 Å². The summed E-state index contributed by atoms with van der Waals surface area (Å²) >= 11 is 6.18. The average molecular weight is 558 g/mol. The zero-order valence-electron chi connectivity index (χ0n) is 20.5. The second kappa shape index (κ2) is 8.82. The number of nitrogens with zero attached hydrogens (tertiary/aromatic N) is 4. The van der Waals surface area contributed by atoms with Gasteiger partial charge in [-0.15, -0.1) is 0 Å². The van der Waals surface area contributed by atoms with Crippen LogP contribution in [0.5, 0.6) is 0 Å². The van der Waals surface area contributed by atoms with Crippen LogP contribution in [0.4, 0.5) is 20.3 Å². The largest absolute Gasteiger partial charge is 0.384 e. The second-order valence-electron chi connectivity index (χ2n) is 9.56. The molecule has 0 radical (unpaired) electrons. The topological polar surface area (TPSA) is 132 Å². The Labute approximate surface area is 229 Å². The second-order valence-corrected chi connectivity index (χ2v) is 9.97. The average Bonchev–Trinajstić information content (AvgIpc) is 3.58. The zero-order valence-corrected chi connectivity index (χ0v) is 21.3. The lowest BCUT2D eigenvalue weighted by molar-refractivity contribution is 0.102. The summed E-state index contributed by atoms with van der Waals surface area (Å²) in [7, 11) is 0. The summed E-state index contributed by atoms with van der Waals surface area (Å²) in [5, 5.41) is 2.75. The molecule has 1 aromatic carbocycles. The standard InChI is InChI=1S/C28H18ClF2N7O2/c29-16-3-1-13-12-7-8-33-10-17(12)36-28(40)24-15(23(13)25(16)30)9-22(39)38-19(24)4-5-20(38)27-34-11-18(35-27)14-2-6-21(32)37-26(14)31/h1-3,6-11,20H,4-5H2,(H2,32,37)(H,34,35)(H,36,40)/t20-/m0/s1. The quantitative estimate of drug-likeness (QED) is 0.262. The van der Waals surface area contributed by atoms with Gasteiger partial charge in [-0.1, -0.05) is 17.7 Å². The molecule has 198 valence electrons. The first kappa shape index (κ1) is 24.2. The number of aromatic amines is 1. The van der Waals surface area contributed by atoms with Crippen LogP contribution >= 0.6 is 11.6 Å². The minimum atomic E-state index is -0.758. The number of anilines is 2. The van der Waals surface area contributed by atoms with Crippen molar-refractivity contribution in [1.29, 1.82) is 0 Å². The number of nitrogens with one attached hydrogen (secondary N) is 2. The molecule has 7 rings (SSSR count). The lowest BCUT2D eigenvalue weighted by atomic mass is 9.88. The predicted octanol–water partition coefficient (Wildman–Crippen LogP) is 4.98. The molecule has 0 bridgehead atoms. The molecule has 0 saturated carbocycles. The smallest absolute Gasteiger partial charge is 0.258 e. The normalized spacial score (nSPS) is 15.4. The van der Waals surface area contributed by atoms with Crippen LogP contribution in [0.3, 0.4) is 0 Å². The third-order valence-electron chi connectivity index (χ3n) is 7.34. The fraction of sp³-hybridized carbons (Fsp3) is 0.107. The molecular formula is C28H18ClF2N7O2. The van der Waals surface area contributed by atoms with Gasteiger partial charge in [0.25, 0.3) is 11.5 Å². The minimum Gasteiger partial charge on any atom is -0.384 e. The van der Waals surface area contributed by atoms with Gasteiger partial charge in [0.05, 0.1) is 46.0 Å². The number of hydrogen-bond donors (Lipinski definition) is 3. The van der Waals surface area contributed by atoms with Crippen molar-refractivity contribution in [2.45, 2.75) is 18.9 Å². The fourth-order valence-corrected chi connectivity index (χ4v) is 5.78. The fourth-order valence-electron chi connectivity index (χ4n) is 5.62. The van der Waals surface area contributed by atoms with Crippen LogP contribution in [0.25, 0.3) is 33.5 Å². The lowest BCUT2D eigenvalue weighted by Gasteiger charge is -2.23. The zero-order chi connectivity index (χ0) is 27.7. The van der Waals surface area contributed by atoms with E-state index in [1.807, 2.05) is 0 Å². The molecule has 1 atom stereocenters. The first-order valence-electron chi connectivity index (χ1n) is 12.3. The van der Waals surface area contributed by atoms with Crippen LogP contribution in [-0.4, -0.2) is 30.4 Å². The molecule has 1 amide bonds. The summed E-state index contributed by atoms with van der Waals surface area (Å²) in [5.74, 6) is -1.54. The molecule has 4 aromatic heterocycles. The number of nitrogens with two attached hydrogens (primary N) is 1. The third-order valence-corrected chi connectivity index (χ3v) is 7.63. The number of rotatable bonds is 2. The number of halogens is 3. The first-order valence-corrected chi connectivity index (χ1v) is 12.7. The maximum absolute atomic E-state index is 15.7. The van der Waals surface area contributed by atoms with E-state index in [9.17, 15) is 14.0 Å². The highest BCUT2D eigenvalue weighted by molar-refractivity contribution is 6.31. The Morgan fingerprint density at radius 3 is 2.65 bits per heavy atom. The predicted molar refractivity (Wildman–Crippen MR) is 145 cm³/mol. The van der Waals surface area contributed by atoms with Crippen LogP contribution in [0, 0.1) is 11.8 Å². The first-order chi connectivity index (χ1) is 19.3. The van der Waals surface area contributed by atoms with Gasteiger partial charge in [-0.05, 0) is 42.7 Å². The molecule has 2 aliphatic heterocycles. The minimum absolute atomic E-state index is 0.0460. The van der Waals surface area contributed by atoms with Gasteiger partial charge in [-0.2, -0.15) is 4.39 Å². The monoisotopic (exact) mass is 557 g/mol. The van der Waals surface area contributed by atoms with Crippen LogP contribution in [0.2, 0.25) is 5.02 Å². The molecule has 6 heterocycles. The number of benzene rings is 1. The van der Waals surface area contributed by atoms with E-state index in [0.29, 0.717) is 46.9 Å². The summed E-state index contributed by atoms with van der Waals surface area (Å²) in [6.45, 7) is 0. The van der Waals surface area contributed by atoms with E-state index in [1.54, 1.807) is 12.1 Å². The molecule has 0 fully saturated rings. The Kier molecular flexibility index (Phi) is 5.33. The van der Waals surface area contributed by atoms with E-state index in [-0.39, 0.29) is 33.1 Å². The van der Waals surface area contributed by atoms with E-state index in [0.717, 1.165) is 0 Å². The number of carbonyl (C=O) groups is 1. The molecule has 0 unspecified atom stereocenters. The molecular weight excluding hydrogens is 540 g/mol. The van der Waals surface area contributed by atoms with E-state index >= 15 is 4.39 Å². The Morgan fingerprint density at radius 2 is 1.82 bits per heavy atom. The van der Waals surface area contributed by atoms with Crippen molar-refractivity contribution in [3.8, 4) is 33.5 Å². The van der Waals surface area contributed by atoms with Gasteiger partial charge >= 0.3 is 0 Å². The summed E-state index contributed by atoms with van der Waals surface area (Å²) in [4.78, 5) is 42.6. The number of imidazole rings is 1. The van der Waals surface area contributed by atoms with Gasteiger partial charge < -0.3 is 20.6 Å². The highest BCUT2D eigenvalue weighted by Crippen LogP contribution is 2.44. The van der Waals surface area contributed by atoms with Crippen molar-refractivity contribution in [1.82, 2.24) is 24.5 Å². The SMILES string of the molecule is Nc1ccc(-c2cnc([C@@H]3CCc4c5c(cc(=O)n43)-c3c(ccc(Cl)c3F)-c3ccncc3NC5=O)[nH]2)c(F)n1. The Bertz CT molecular complexity index is 1950. The van der Waals surface area contributed by atoms with Crippen molar-refractivity contribution in [3.63, 3.8) is 0 Å². The number of fused-ring (bicyclic) bond motifs is 7. The Balaban J connectivity index is 1.42. The highest BCUT2D eigenvalue weighted by Gasteiger charge is 2.35. The molecule has 0 saturated heterocycles. The summed E-state index contributed by atoms with van der Waals surface area (Å²) in [6.07, 6.45) is 5.24. The lowest BCUT2D eigenvalue weighted by Crippen LogP contribution is -2.28. The van der Waals surface area contributed by atoms with Gasteiger partial charge in [0.2, 0.25) is 5.95 Å². The van der Waals surface area contributed by atoms with E-state index in [1.165, 1.54) is 47.4 Å². The van der Waals surface area contributed by atoms with E-state index < -0.39 is 29.3 Å². The van der Waals surface area contributed by atoms with Crippen molar-refractivity contribution < 1.29 is 13.6 Å². The number of carbonyl (C=O) groups excluding carboxylic acids is 1. The van der Waals surface area contributed by atoms with Gasteiger partial charge in [-0.3, -0.25) is 14.6 Å². The molecule has 12 heteroatoms. The summed E-state index contributed by atoms with van der Waals surface area (Å²) < 4.78 is 31.6. The number of aromatic nitrogens is 5. The molecule has 0 aliphatic carbocycles. The van der Waals surface area contributed by atoms with Crippen molar-refractivity contribution in [3.05, 3.63) is 99.2 Å². The number of amides is 1. The van der Waals surface area contributed by atoms with Crippen molar-refractivity contribution in [2.75, 3.05) is 11.1 Å². The van der Waals surface area contributed by atoms with Crippen LogP contribution in [-0.2, 0) is 6.42 Å². The molecule has 4 N–H and O–H groups in total. The molecule has 40 heavy (non-hydrogen) atoms. The van der Waals surface area contributed by atoms with Crippen LogP contribution in [0.15, 0.2) is 59.8 Å². The van der Waals surface area contributed by atoms with E-state index in [4.69, 9.17) is 17.3 Å². The third kappa shape index (κ3) is 3.54. The van der Waals surface area contributed by atoms with E-state index in [2.05, 4.69) is 25.3 Å². The number of hydrogen-bond acceptors (Lipinski definition) is 6. The van der Waals surface area contributed by atoms with Gasteiger partial charge in [-0.25, -0.2) is 14.4 Å². The molecule has 2 aliphatic rings. The van der Waals surface area contributed by atoms with Crippen LogP contribution in [0.1, 0.15) is 34.3 Å². The summed E-state index contributed by atoms with van der Waals surface area (Å²) in [5.41, 5.74) is 7.89. The molecule has 0 spiro atoms. The molecule has 9 nitrogen and oxygen atoms in total. The maximum atomic E-state index is 15.7. The Morgan fingerprint density at radius 1 is 1.00 bits per heavy atom.